The van der Waals surface area contributed by atoms with Crippen molar-refractivity contribution in [2.24, 2.45) is 59.2 Å². The summed E-state index contributed by atoms with van der Waals surface area (Å²) >= 11 is 6.28. The van der Waals surface area contributed by atoms with Gasteiger partial charge in [0.05, 0.1) is 40.1 Å². The Labute approximate surface area is 456 Å². The lowest BCUT2D eigenvalue weighted by Gasteiger charge is -2.44. The Morgan fingerprint density at radius 1 is 0.434 bits per heavy atom. The summed E-state index contributed by atoms with van der Waals surface area (Å²) in [6.07, 6.45) is 2.33. The monoisotopic (exact) mass is 1070 g/mol. The Balaban J connectivity index is 0.000000133. The van der Waals surface area contributed by atoms with Crippen LogP contribution in [0.15, 0.2) is 189 Å². The zero-order valence-electron chi connectivity index (χ0n) is 40.8. The molecule has 13 heteroatoms. The van der Waals surface area contributed by atoms with Crippen molar-refractivity contribution in [3.05, 3.63) is 205 Å². The average Bonchev–Trinajstić information content (AvgIpc) is 4.40. The second-order valence-electron chi connectivity index (χ2n) is 21.8. The van der Waals surface area contributed by atoms with Gasteiger partial charge in [-0.05, 0) is 106 Å². The minimum absolute atomic E-state index is 0.0341. The number of amides is 4. The van der Waals surface area contributed by atoms with Gasteiger partial charge in [0.2, 0.25) is 23.6 Å². The molecule has 0 radical (unpaired) electrons. The summed E-state index contributed by atoms with van der Waals surface area (Å²) in [6, 6.07) is 56.7. The topological polar surface area (TPSA) is 125 Å². The van der Waals surface area contributed by atoms with E-state index >= 15 is 0 Å². The van der Waals surface area contributed by atoms with Crippen LogP contribution in [0.5, 0.6) is 0 Å². The number of rotatable bonds is 6. The van der Waals surface area contributed by atoms with Crippen LogP contribution in [-0.4, -0.2) is 44.2 Å². The number of fused-ring (bicyclic) bond motifs is 17. The molecule has 4 amide bonds. The number of hydrogen-bond donors (Lipinski definition) is 1. The van der Waals surface area contributed by atoms with Gasteiger partial charge < -0.3 is 4.98 Å². The number of anilines is 2. The van der Waals surface area contributed by atoms with Crippen LogP contribution in [0.1, 0.15) is 47.1 Å². The molecule has 9 aliphatic rings. The maximum atomic E-state index is 14.0. The van der Waals surface area contributed by atoms with Gasteiger partial charge in [0.15, 0.2) is 5.12 Å². The Morgan fingerprint density at radius 3 is 1.33 bits per heavy atom. The van der Waals surface area contributed by atoms with E-state index in [1.807, 2.05) is 121 Å². The van der Waals surface area contributed by atoms with Crippen LogP contribution in [-0.2, 0) is 24.0 Å². The van der Waals surface area contributed by atoms with Crippen LogP contribution in [0.2, 0.25) is 0 Å². The van der Waals surface area contributed by atoms with Crippen molar-refractivity contribution in [1.82, 2.24) is 4.98 Å². The van der Waals surface area contributed by atoms with Crippen molar-refractivity contribution in [2.45, 2.75) is 46.6 Å². The Kier molecular flexibility index (Phi) is 11.1. The highest BCUT2D eigenvalue weighted by atomic mass is 32.2. The third kappa shape index (κ3) is 7.07. The molecule has 376 valence electrons. The van der Waals surface area contributed by atoms with Gasteiger partial charge in [0.1, 0.15) is 0 Å². The Morgan fingerprint density at radius 2 is 0.842 bits per heavy atom. The molecular formula is C63H49N3O6S4. The lowest BCUT2D eigenvalue weighted by molar-refractivity contribution is -0.124. The van der Waals surface area contributed by atoms with Gasteiger partial charge in [-0.3, -0.25) is 38.6 Å². The zero-order chi connectivity index (χ0) is 51.1. The molecule has 2 saturated heterocycles. The summed E-state index contributed by atoms with van der Waals surface area (Å²) in [6.45, 7) is 0. The second-order valence-corrected chi connectivity index (χ2v) is 26.4. The van der Waals surface area contributed by atoms with Crippen molar-refractivity contribution < 1.29 is 24.0 Å². The third-order valence-corrected chi connectivity index (χ3v) is 23.8. The number of carbonyl (C=O) groups excluding carboxylic acids is 5. The molecule has 4 aliphatic carbocycles. The minimum Gasteiger partial charge on any atom is -0.307 e. The van der Waals surface area contributed by atoms with Crippen LogP contribution in [0, 0.1) is 59.2 Å². The molecule has 6 fully saturated rings. The number of nitrogens with zero attached hydrogens (tertiary/aromatic N) is 2. The first-order chi connectivity index (χ1) is 37.2. The lowest BCUT2D eigenvalue weighted by atomic mass is 9.68. The number of aromatic amines is 1. The van der Waals surface area contributed by atoms with Crippen LogP contribution in [0.25, 0.3) is 22.3 Å². The number of benzene rings is 6. The van der Waals surface area contributed by atoms with Crippen molar-refractivity contribution in [1.29, 1.82) is 0 Å². The molecule has 5 aliphatic heterocycles. The van der Waals surface area contributed by atoms with Gasteiger partial charge >= 0.3 is 4.87 Å². The highest BCUT2D eigenvalue weighted by Crippen LogP contribution is 2.72. The molecule has 14 atom stereocenters. The maximum absolute atomic E-state index is 14.0. The van der Waals surface area contributed by atoms with E-state index in [-0.39, 0.29) is 115 Å². The highest BCUT2D eigenvalue weighted by molar-refractivity contribution is 8.18. The smallest absolute Gasteiger partial charge is 0.305 e. The predicted molar refractivity (Wildman–Crippen MR) is 301 cm³/mol. The molecule has 4 bridgehead atoms. The molecule has 4 saturated carbocycles. The fraction of sp³-hybridized carbons (Fsp3) is 0.270. The zero-order valence-corrected chi connectivity index (χ0v) is 44.1. The minimum atomic E-state index is -0.286. The number of nitrogens with one attached hydrogen (secondary N) is 1. The van der Waals surface area contributed by atoms with Gasteiger partial charge in [-0.25, -0.2) is 0 Å². The van der Waals surface area contributed by atoms with Crippen LogP contribution >= 0.6 is 46.6 Å². The van der Waals surface area contributed by atoms with E-state index in [1.165, 1.54) is 53.8 Å². The van der Waals surface area contributed by atoms with E-state index < -0.39 is 0 Å². The van der Waals surface area contributed by atoms with Crippen LogP contribution < -0.4 is 14.7 Å². The summed E-state index contributed by atoms with van der Waals surface area (Å²) < 4.78 is 0. The van der Waals surface area contributed by atoms with Crippen LogP contribution in [0.4, 0.5) is 11.4 Å². The van der Waals surface area contributed by atoms with Gasteiger partial charge in [-0.1, -0.05) is 169 Å². The lowest BCUT2D eigenvalue weighted by Crippen LogP contribution is -2.42. The summed E-state index contributed by atoms with van der Waals surface area (Å²) in [5, 5.41) is 1.65. The predicted octanol–water partition coefficient (Wildman–Crippen LogP) is 12.3. The molecule has 6 aromatic carbocycles. The highest BCUT2D eigenvalue weighted by Gasteiger charge is 2.71. The summed E-state index contributed by atoms with van der Waals surface area (Å²) in [4.78, 5) is 90.0. The normalized spacial score (nSPS) is 32.0. The van der Waals surface area contributed by atoms with E-state index in [9.17, 15) is 28.8 Å². The molecule has 1 N–H and O–H groups in total. The van der Waals surface area contributed by atoms with Crippen molar-refractivity contribution in [3.8, 4) is 22.3 Å². The SMILES string of the molecule is O=C1CC2=C(S1)[C@H](c1ccccc1)[C@H]1[C@H]3C[C@@H]([C@H]1S2)[C@H]1C(=O)N(c2ccc(-c4ccccc4)cc2)C(=O)[C@@H]31.O=C1[C@@H]2[C@H]3C[C@H]([C@@H]4Sc5[nH]c(=O)sc5[C@@H](c5ccccc5)[C@H]34)[C@@H]2C(=O)N1c1ccc(-c2ccccc2)cc1. The van der Waals surface area contributed by atoms with Gasteiger partial charge in [0.25, 0.3) is 0 Å². The Bertz CT molecular complexity index is 3630. The first kappa shape index (κ1) is 46.8. The molecule has 9 nitrogen and oxygen atoms in total. The Hall–Kier alpha value is -6.51. The van der Waals surface area contributed by atoms with Gasteiger partial charge in [-0.2, -0.15) is 0 Å². The van der Waals surface area contributed by atoms with E-state index in [0.29, 0.717) is 17.8 Å². The number of allylic oxidation sites excluding steroid dienone is 2. The van der Waals surface area contributed by atoms with E-state index in [0.717, 1.165) is 45.0 Å². The summed E-state index contributed by atoms with van der Waals surface area (Å²) in [7, 11) is 0. The number of aromatic nitrogens is 1. The van der Waals surface area contributed by atoms with Gasteiger partial charge in [0, 0.05) is 43.4 Å². The quantitative estimate of drug-likeness (QED) is 0.162. The van der Waals surface area contributed by atoms with E-state index in [2.05, 4.69) is 65.6 Å². The number of thioether (sulfide) groups is 3. The molecule has 1 aromatic heterocycles. The fourth-order valence-corrected chi connectivity index (χ4v) is 21.7. The molecule has 16 rings (SSSR count). The van der Waals surface area contributed by atoms with Crippen molar-refractivity contribution >= 4 is 86.7 Å². The van der Waals surface area contributed by atoms with Crippen molar-refractivity contribution in [2.75, 3.05) is 9.80 Å². The maximum Gasteiger partial charge on any atom is 0.305 e. The number of thiazole rings is 1. The number of hydrogen-bond acceptors (Lipinski definition) is 10. The first-order valence-electron chi connectivity index (χ1n) is 26.4. The van der Waals surface area contributed by atoms with E-state index in [4.69, 9.17) is 0 Å². The molecule has 7 aromatic rings. The molecular weight excluding hydrogens is 1020 g/mol. The molecule has 0 unspecified atom stereocenters. The summed E-state index contributed by atoms with van der Waals surface area (Å²) in [5.74, 6) is 0.0197. The number of H-pyrrole nitrogens is 1. The van der Waals surface area contributed by atoms with E-state index in [1.54, 1.807) is 11.8 Å². The standard InChI is InChI=1S/C32H25NO3S2.C31H24N2O3S2/c34-24-16-23-30(38-24)25(19-9-5-2-6-10-19)26-21-15-22(29(26)37-23)28-27(21)31(35)33(32(28)36)20-13-11-18(12-14-20)17-7-3-1-4-8-17;34-29-24-20-15-21(25(24)30(35)33(29)19-13-11-17(12-14-19)16-7-3-1-4-8-16)26-23(20)22(18-9-5-2-6-10-18)27-28(37-26)32-31(36)38-27/h1-14,21-22,25-29H,15-16H2;1-14,20-26H,15H2,(H,32,36)/t21-,22-,25-,26-,27+,28-,29-;20-,21-,22-,23-,24+,25-,26-/m10/s1. The molecule has 0 spiro atoms. The first-order valence-corrected chi connectivity index (χ1v) is 29.8. The molecule has 76 heavy (non-hydrogen) atoms. The number of carbonyl (C=O) groups is 5. The fourth-order valence-electron chi connectivity index (χ4n) is 15.7. The van der Waals surface area contributed by atoms with Crippen LogP contribution in [0.3, 0.4) is 0 Å². The van der Waals surface area contributed by atoms with Gasteiger partial charge in [-0.15, -0.1) is 23.5 Å². The summed E-state index contributed by atoms with van der Waals surface area (Å²) in [5.41, 5.74) is 8.08. The van der Waals surface area contributed by atoms with Crippen molar-refractivity contribution in [3.63, 3.8) is 0 Å². The second kappa shape index (κ2) is 18.0. The number of imide groups is 2. The largest absolute Gasteiger partial charge is 0.307 e. The third-order valence-electron chi connectivity index (χ3n) is 18.4. The molecule has 6 heterocycles. The average molecular weight is 1070 g/mol.